The van der Waals surface area contributed by atoms with Crippen molar-refractivity contribution >= 4 is 12.1 Å². The first-order valence-corrected chi connectivity index (χ1v) is 7.55. The van der Waals surface area contributed by atoms with Crippen LogP contribution >= 0.6 is 0 Å². The van der Waals surface area contributed by atoms with Crippen LogP contribution in [-0.2, 0) is 25.6 Å². The van der Waals surface area contributed by atoms with Gasteiger partial charge in [0.25, 0.3) is 0 Å². The normalized spacial score (nSPS) is 17.0. The van der Waals surface area contributed by atoms with E-state index in [1.165, 1.54) is 6.08 Å². The van der Waals surface area contributed by atoms with Crippen LogP contribution in [0, 0.1) is 0 Å². The molecule has 0 aromatic heterocycles. The molecule has 0 saturated carbocycles. The van der Waals surface area contributed by atoms with Crippen LogP contribution in [0.4, 0.5) is 4.79 Å². The molecular formula is C17H21NO5. The van der Waals surface area contributed by atoms with E-state index in [1.54, 1.807) is 0 Å². The van der Waals surface area contributed by atoms with Crippen molar-refractivity contribution in [2.75, 3.05) is 13.2 Å². The fourth-order valence-corrected chi connectivity index (χ4v) is 1.98. The highest BCUT2D eigenvalue weighted by atomic mass is 16.6. The summed E-state index contributed by atoms with van der Waals surface area (Å²) in [5, 5.41) is 2.55. The van der Waals surface area contributed by atoms with Gasteiger partial charge in [-0.25, -0.2) is 9.59 Å². The van der Waals surface area contributed by atoms with Gasteiger partial charge in [0.05, 0.1) is 12.7 Å². The highest BCUT2D eigenvalue weighted by molar-refractivity contribution is 5.81. The molecule has 23 heavy (non-hydrogen) atoms. The van der Waals surface area contributed by atoms with Crippen LogP contribution in [0.1, 0.15) is 18.4 Å². The third-order valence-corrected chi connectivity index (χ3v) is 3.31. The van der Waals surface area contributed by atoms with Gasteiger partial charge in [-0.1, -0.05) is 43.0 Å². The van der Waals surface area contributed by atoms with E-state index in [1.807, 2.05) is 30.3 Å². The minimum Gasteiger partial charge on any atom is -0.460 e. The summed E-state index contributed by atoms with van der Waals surface area (Å²) >= 11 is 0. The molecule has 6 heteroatoms. The van der Waals surface area contributed by atoms with Gasteiger partial charge in [-0.3, -0.25) is 0 Å². The molecule has 1 amide bonds. The van der Waals surface area contributed by atoms with Gasteiger partial charge in [-0.2, -0.15) is 0 Å². The standard InChI is InChI=1S/C17H21NO5/c1-2-10-21-16(19)15(9-8-14-12-22-14)18-17(20)23-11-13-6-4-3-5-7-13/h2-7,14-15H,1,8-12H2,(H,18,20)/t14-,15-/m0/s1. The van der Waals surface area contributed by atoms with Crippen molar-refractivity contribution in [2.24, 2.45) is 0 Å². The maximum atomic E-state index is 12.0. The van der Waals surface area contributed by atoms with E-state index >= 15 is 0 Å². The van der Waals surface area contributed by atoms with Gasteiger partial charge < -0.3 is 19.5 Å². The van der Waals surface area contributed by atoms with E-state index < -0.39 is 18.1 Å². The first-order valence-electron chi connectivity index (χ1n) is 7.55. The highest BCUT2D eigenvalue weighted by Crippen LogP contribution is 2.17. The van der Waals surface area contributed by atoms with Crippen LogP contribution in [0.5, 0.6) is 0 Å². The van der Waals surface area contributed by atoms with Crippen LogP contribution in [0.15, 0.2) is 43.0 Å². The first kappa shape index (κ1) is 17.0. The highest BCUT2D eigenvalue weighted by Gasteiger charge is 2.28. The molecule has 124 valence electrons. The number of amides is 1. The van der Waals surface area contributed by atoms with Gasteiger partial charge in [0, 0.05) is 0 Å². The van der Waals surface area contributed by atoms with E-state index in [4.69, 9.17) is 14.2 Å². The molecule has 1 aliphatic rings. The molecular weight excluding hydrogens is 298 g/mol. The Hall–Kier alpha value is -2.34. The van der Waals surface area contributed by atoms with Crippen molar-refractivity contribution in [1.82, 2.24) is 5.32 Å². The lowest BCUT2D eigenvalue weighted by molar-refractivity contribution is -0.145. The zero-order valence-corrected chi connectivity index (χ0v) is 12.9. The monoisotopic (exact) mass is 319 g/mol. The van der Waals surface area contributed by atoms with Gasteiger partial charge in [0.2, 0.25) is 0 Å². The number of epoxide rings is 1. The lowest BCUT2D eigenvalue weighted by Gasteiger charge is -2.16. The van der Waals surface area contributed by atoms with Crippen molar-refractivity contribution in [3.63, 3.8) is 0 Å². The van der Waals surface area contributed by atoms with Gasteiger partial charge in [-0.05, 0) is 18.4 Å². The van der Waals surface area contributed by atoms with Crippen LogP contribution < -0.4 is 5.32 Å². The molecule has 1 fully saturated rings. The van der Waals surface area contributed by atoms with Crippen LogP contribution in [0.3, 0.4) is 0 Å². The molecule has 0 unspecified atom stereocenters. The van der Waals surface area contributed by atoms with Crippen molar-refractivity contribution in [1.29, 1.82) is 0 Å². The Balaban J connectivity index is 1.80. The summed E-state index contributed by atoms with van der Waals surface area (Å²) in [6.07, 6.45) is 2.14. The quantitative estimate of drug-likeness (QED) is 0.429. The maximum Gasteiger partial charge on any atom is 0.408 e. The van der Waals surface area contributed by atoms with Crippen molar-refractivity contribution in [2.45, 2.75) is 31.6 Å². The van der Waals surface area contributed by atoms with Crippen molar-refractivity contribution < 1.29 is 23.8 Å². The summed E-state index contributed by atoms with van der Waals surface area (Å²) in [6.45, 7) is 4.44. The van der Waals surface area contributed by atoms with Crippen LogP contribution in [0.25, 0.3) is 0 Å². The van der Waals surface area contributed by atoms with E-state index in [-0.39, 0.29) is 19.3 Å². The lowest BCUT2D eigenvalue weighted by Crippen LogP contribution is -2.42. The summed E-state index contributed by atoms with van der Waals surface area (Å²) in [7, 11) is 0. The number of esters is 1. The number of alkyl carbamates (subject to hydrolysis) is 1. The minimum absolute atomic E-state index is 0.107. The Morgan fingerprint density at radius 2 is 2.09 bits per heavy atom. The summed E-state index contributed by atoms with van der Waals surface area (Å²) in [4.78, 5) is 23.8. The smallest absolute Gasteiger partial charge is 0.408 e. The first-order chi connectivity index (χ1) is 11.2. The molecule has 1 aliphatic heterocycles. The van der Waals surface area contributed by atoms with Gasteiger partial charge >= 0.3 is 12.1 Å². The average molecular weight is 319 g/mol. The largest absolute Gasteiger partial charge is 0.460 e. The Labute approximate surface area is 135 Å². The van der Waals surface area contributed by atoms with Gasteiger partial charge in [-0.15, -0.1) is 0 Å². The van der Waals surface area contributed by atoms with Crippen molar-refractivity contribution in [3.8, 4) is 0 Å². The Morgan fingerprint density at radius 1 is 1.35 bits per heavy atom. The van der Waals surface area contributed by atoms with E-state index in [9.17, 15) is 9.59 Å². The van der Waals surface area contributed by atoms with Crippen molar-refractivity contribution in [3.05, 3.63) is 48.6 Å². The predicted molar refractivity (Wildman–Crippen MR) is 83.7 cm³/mol. The zero-order chi connectivity index (χ0) is 16.5. The molecule has 1 saturated heterocycles. The summed E-state index contributed by atoms with van der Waals surface area (Å²) < 4.78 is 15.2. The topological polar surface area (TPSA) is 77.2 Å². The average Bonchev–Trinajstić information content (AvgIpc) is 3.39. The minimum atomic E-state index is -0.748. The third-order valence-electron chi connectivity index (χ3n) is 3.31. The SMILES string of the molecule is C=CCOC(=O)[C@H](CC[C@H]1CO1)NC(=O)OCc1ccccc1. The zero-order valence-electron chi connectivity index (χ0n) is 12.9. The summed E-state index contributed by atoms with van der Waals surface area (Å²) in [5.41, 5.74) is 0.875. The van der Waals surface area contributed by atoms with Gasteiger partial charge in [0.15, 0.2) is 0 Å². The second-order valence-electron chi connectivity index (χ2n) is 5.21. The summed E-state index contributed by atoms with van der Waals surface area (Å²) in [6, 6.07) is 8.57. The van der Waals surface area contributed by atoms with Crippen LogP contribution in [-0.4, -0.2) is 37.4 Å². The van der Waals surface area contributed by atoms with Crippen LogP contribution in [0.2, 0.25) is 0 Å². The molecule has 1 aromatic carbocycles. The van der Waals surface area contributed by atoms with E-state index in [2.05, 4.69) is 11.9 Å². The fourth-order valence-electron chi connectivity index (χ4n) is 1.98. The molecule has 0 spiro atoms. The van der Waals surface area contributed by atoms with E-state index in [0.29, 0.717) is 19.4 Å². The Bertz CT molecular complexity index is 527. The molecule has 2 rings (SSSR count). The number of nitrogens with one attached hydrogen (secondary N) is 1. The number of hydrogen-bond acceptors (Lipinski definition) is 5. The Kier molecular flexibility index (Phi) is 6.62. The molecule has 1 aromatic rings. The maximum absolute atomic E-state index is 12.0. The molecule has 0 bridgehead atoms. The second-order valence-corrected chi connectivity index (χ2v) is 5.21. The fraction of sp³-hybridized carbons (Fsp3) is 0.412. The second kappa shape index (κ2) is 8.95. The predicted octanol–water partition coefficient (Wildman–Crippen LogP) is 2.19. The third kappa shape index (κ3) is 6.52. The molecule has 1 heterocycles. The summed E-state index contributed by atoms with van der Waals surface area (Å²) in [5.74, 6) is -0.498. The molecule has 0 radical (unpaired) electrons. The number of carbonyl (C=O) groups excluding carboxylic acids is 2. The lowest BCUT2D eigenvalue weighted by atomic mass is 10.1. The van der Waals surface area contributed by atoms with Gasteiger partial charge in [0.1, 0.15) is 19.3 Å². The molecule has 1 N–H and O–H groups in total. The number of ether oxygens (including phenoxy) is 3. The number of carbonyl (C=O) groups is 2. The molecule has 6 nitrogen and oxygen atoms in total. The Morgan fingerprint density at radius 3 is 2.74 bits per heavy atom. The number of rotatable bonds is 9. The number of benzene rings is 1. The number of hydrogen-bond donors (Lipinski definition) is 1. The molecule has 2 atom stereocenters. The molecule has 0 aliphatic carbocycles. The van der Waals surface area contributed by atoms with E-state index in [0.717, 1.165) is 5.56 Å².